The summed E-state index contributed by atoms with van der Waals surface area (Å²) >= 11 is 0. The van der Waals surface area contributed by atoms with Crippen LogP contribution in [-0.2, 0) is 20.1 Å². The summed E-state index contributed by atoms with van der Waals surface area (Å²) in [5.74, 6) is 0.785. The van der Waals surface area contributed by atoms with Crippen molar-refractivity contribution in [3.8, 4) is 28.3 Å². The predicted octanol–water partition coefficient (Wildman–Crippen LogP) is 10.0. The molecule has 49 heavy (non-hydrogen) atoms. The molecular weight excluding hydrogens is 797 g/mol. The molecule has 9 rings (SSSR count). The van der Waals surface area contributed by atoms with Crippen LogP contribution in [0.3, 0.4) is 0 Å². The van der Waals surface area contributed by atoms with Crippen LogP contribution >= 0.6 is 0 Å². The van der Waals surface area contributed by atoms with E-state index in [1.807, 2.05) is 72.9 Å². The maximum atomic E-state index is 6.54. The Morgan fingerprint density at radius 2 is 1.47 bits per heavy atom. The van der Waals surface area contributed by atoms with Gasteiger partial charge in [0.2, 0.25) is 0 Å². The molecule has 0 saturated carbocycles. The van der Waals surface area contributed by atoms with Gasteiger partial charge in [0.1, 0.15) is 5.58 Å². The Hall–Kier alpha value is -5.20. The number of aromatic nitrogens is 4. The molecule has 0 N–H and O–H groups in total. The molecule has 0 aliphatic carbocycles. The fraction of sp³-hybridized carbons (Fsp3) is 0.0714. The van der Waals surface area contributed by atoms with Gasteiger partial charge < -0.3 is 14.0 Å². The number of fused-ring (bicyclic) bond motifs is 6. The third-order valence-corrected chi connectivity index (χ3v) is 10.7. The second-order valence-electron chi connectivity index (χ2n) is 12.8. The maximum Gasteiger partial charge on any atom is 0.128 e. The standard InChI is InChI=1S/C28H16N3O.C14H16NSi.Ir/c1-2-8-19(9-3-1)31-25-15-16-29-17-24(25)30-28(31)23-12-6-11-21-22-14-13-18-7-4-5-10-20(18)26(22)32-27(21)23;1-16(2,3)13-9-10-14(15-11-13)12-7-5-4-6-8-12;/h1-11,13-17H;4-7,9-11H,1-3H3;/q2*-1;. The molecule has 9 aromatic rings. The molecule has 0 atom stereocenters. The van der Waals surface area contributed by atoms with Gasteiger partial charge in [-0.05, 0) is 34.5 Å². The Morgan fingerprint density at radius 1 is 0.673 bits per heavy atom. The summed E-state index contributed by atoms with van der Waals surface area (Å²) in [6.45, 7) is 7.00. The van der Waals surface area contributed by atoms with Gasteiger partial charge in [-0.15, -0.1) is 54.1 Å². The number of furan rings is 1. The van der Waals surface area contributed by atoms with E-state index >= 15 is 0 Å². The van der Waals surface area contributed by atoms with Gasteiger partial charge in [0, 0.05) is 49.0 Å². The van der Waals surface area contributed by atoms with Crippen molar-refractivity contribution in [2.75, 3.05) is 0 Å². The number of rotatable bonds is 4. The first kappa shape index (κ1) is 32.3. The molecule has 4 heterocycles. The van der Waals surface area contributed by atoms with Crippen molar-refractivity contribution in [1.29, 1.82) is 0 Å². The molecule has 7 heteroatoms. The molecule has 0 amide bonds. The predicted molar refractivity (Wildman–Crippen MR) is 199 cm³/mol. The molecule has 0 unspecified atom stereocenters. The molecule has 0 bridgehead atoms. The number of hydrogen-bond donors (Lipinski definition) is 0. The molecular formula is C42H32IrN4OSi-2. The van der Waals surface area contributed by atoms with Crippen molar-refractivity contribution in [2.24, 2.45) is 0 Å². The number of pyridine rings is 2. The number of benzene rings is 5. The number of hydrogen-bond acceptors (Lipinski definition) is 4. The minimum atomic E-state index is -1.23. The molecule has 4 aromatic heterocycles. The topological polar surface area (TPSA) is 56.7 Å². The smallest absolute Gasteiger partial charge is 0.128 e. The monoisotopic (exact) mass is 829 g/mol. The second-order valence-corrected chi connectivity index (χ2v) is 17.9. The zero-order valence-corrected chi connectivity index (χ0v) is 30.7. The van der Waals surface area contributed by atoms with Gasteiger partial charge in [-0.25, -0.2) is 0 Å². The molecule has 0 aliphatic heterocycles. The zero-order valence-electron chi connectivity index (χ0n) is 27.3. The normalized spacial score (nSPS) is 11.4. The summed E-state index contributed by atoms with van der Waals surface area (Å²) in [5.41, 5.74) is 7.44. The van der Waals surface area contributed by atoms with E-state index in [9.17, 15) is 0 Å². The van der Waals surface area contributed by atoms with E-state index in [1.165, 1.54) is 5.19 Å². The van der Waals surface area contributed by atoms with Crippen LogP contribution in [0.25, 0.3) is 72.1 Å². The molecule has 5 aromatic carbocycles. The number of imidazole rings is 1. The van der Waals surface area contributed by atoms with Crippen molar-refractivity contribution in [1.82, 2.24) is 19.5 Å². The summed E-state index contributed by atoms with van der Waals surface area (Å²) < 4.78 is 8.68. The van der Waals surface area contributed by atoms with Crippen LogP contribution in [0.2, 0.25) is 19.6 Å². The quantitative estimate of drug-likeness (QED) is 0.131. The van der Waals surface area contributed by atoms with Crippen LogP contribution < -0.4 is 5.19 Å². The molecule has 1 radical (unpaired) electrons. The summed E-state index contributed by atoms with van der Waals surface area (Å²) in [6, 6.07) is 47.7. The zero-order chi connectivity index (χ0) is 32.7. The van der Waals surface area contributed by atoms with E-state index < -0.39 is 8.07 Å². The second kappa shape index (κ2) is 13.4. The number of para-hydroxylation sites is 1. The average Bonchev–Trinajstić information content (AvgIpc) is 3.72. The third-order valence-electron chi connectivity index (χ3n) is 8.63. The SMILES string of the molecule is C[Si](C)(C)c1ccc(-c2[c-]cccc2)nc1.[Ir].[c-]1ccc2c(oc3c4ccccc4ccc23)c1-c1nc2cnccc2n1-c1ccccc1. The van der Waals surface area contributed by atoms with Crippen LogP contribution in [0.15, 0.2) is 144 Å². The van der Waals surface area contributed by atoms with Crippen LogP contribution in [0, 0.1) is 12.1 Å². The molecule has 0 spiro atoms. The molecule has 241 valence electrons. The van der Waals surface area contributed by atoms with Crippen LogP contribution in [0.5, 0.6) is 0 Å². The third kappa shape index (κ3) is 6.13. The van der Waals surface area contributed by atoms with Gasteiger partial charge in [-0.3, -0.25) is 9.97 Å². The minimum absolute atomic E-state index is 0. The van der Waals surface area contributed by atoms with Gasteiger partial charge in [-0.1, -0.05) is 97.3 Å². The van der Waals surface area contributed by atoms with Crippen LogP contribution in [0.4, 0.5) is 0 Å². The van der Waals surface area contributed by atoms with E-state index in [-0.39, 0.29) is 20.1 Å². The van der Waals surface area contributed by atoms with E-state index in [4.69, 9.17) is 9.40 Å². The van der Waals surface area contributed by atoms with E-state index in [0.29, 0.717) is 0 Å². The van der Waals surface area contributed by atoms with Gasteiger partial charge in [0.25, 0.3) is 0 Å². The molecule has 0 aliphatic rings. The Bertz CT molecular complexity index is 2540. The van der Waals surface area contributed by atoms with E-state index in [1.54, 1.807) is 12.4 Å². The van der Waals surface area contributed by atoms with Crippen molar-refractivity contribution in [3.05, 3.63) is 152 Å². The largest absolute Gasteiger partial charge is 0.500 e. The Morgan fingerprint density at radius 3 is 2.24 bits per heavy atom. The van der Waals surface area contributed by atoms with E-state index in [2.05, 4.69) is 101 Å². The molecule has 0 fully saturated rings. The van der Waals surface area contributed by atoms with Crippen LogP contribution in [0.1, 0.15) is 0 Å². The van der Waals surface area contributed by atoms with Crippen LogP contribution in [-0.4, -0.2) is 27.6 Å². The summed E-state index contributed by atoms with van der Waals surface area (Å²) in [6.07, 6.45) is 5.61. The Labute approximate surface area is 299 Å². The van der Waals surface area contributed by atoms with Gasteiger partial charge in [0.05, 0.1) is 36.7 Å². The van der Waals surface area contributed by atoms with Crippen molar-refractivity contribution in [3.63, 3.8) is 0 Å². The first-order valence-corrected chi connectivity index (χ1v) is 19.5. The molecule has 0 saturated heterocycles. The maximum absolute atomic E-state index is 6.54. The summed E-state index contributed by atoms with van der Waals surface area (Å²) in [7, 11) is -1.23. The van der Waals surface area contributed by atoms with Crippen molar-refractivity contribution < 1.29 is 24.5 Å². The Kier molecular flexibility index (Phi) is 8.82. The first-order valence-electron chi connectivity index (χ1n) is 16.0. The summed E-state index contributed by atoms with van der Waals surface area (Å²) in [4.78, 5) is 13.7. The Balaban J connectivity index is 0.000000189. The fourth-order valence-electron chi connectivity index (χ4n) is 6.12. The summed E-state index contributed by atoms with van der Waals surface area (Å²) in [5, 5.41) is 5.81. The van der Waals surface area contributed by atoms with Gasteiger partial charge in [-0.2, -0.15) is 0 Å². The molecule has 5 nitrogen and oxygen atoms in total. The van der Waals surface area contributed by atoms with Crippen molar-refractivity contribution >= 4 is 57.0 Å². The average molecular weight is 829 g/mol. The minimum Gasteiger partial charge on any atom is -0.500 e. The van der Waals surface area contributed by atoms with Gasteiger partial charge in [0.15, 0.2) is 0 Å². The van der Waals surface area contributed by atoms with Crippen molar-refractivity contribution in [2.45, 2.75) is 19.6 Å². The van der Waals surface area contributed by atoms with E-state index in [0.717, 1.165) is 72.1 Å². The van der Waals surface area contributed by atoms with Gasteiger partial charge >= 0.3 is 0 Å². The fourth-order valence-corrected chi connectivity index (χ4v) is 7.16. The number of nitrogens with zero attached hydrogens (tertiary/aromatic N) is 4. The first-order chi connectivity index (χ1) is 23.5.